The molecular weight excluding hydrogens is 351 g/mol. The van der Waals surface area contributed by atoms with Crippen molar-refractivity contribution >= 4 is 21.6 Å². The lowest BCUT2D eigenvalue weighted by molar-refractivity contribution is 0.199. The number of alkyl halides is 1. The van der Waals surface area contributed by atoms with Crippen molar-refractivity contribution < 1.29 is 9.13 Å². The Bertz CT molecular complexity index is 945. The van der Waals surface area contributed by atoms with E-state index in [1.54, 1.807) is 7.11 Å². The first kappa shape index (κ1) is 18.7. The quantitative estimate of drug-likeness (QED) is 0.615. The van der Waals surface area contributed by atoms with Crippen LogP contribution in [0.1, 0.15) is 31.2 Å². The van der Waals surface area contributed by atoms with Gasteiger partial charge in [-0.3, -0.25) is 9.36 Å². The molecule has 0 fully saturated rings. The minimum absolute atomic E-state index is 0.0163. The molecule has 0 spiro atoms. The summed E-state index contributed by atoms with van der Waals surface area (Å²) >= 11 is 1.45. The normalized spacial score (nSPS) is 11.6. The van der Waals surface area contributed by atoms with Crippen molar-refractivity contribution in [2.45, 2.75) is 32.7 Å². The summed E-state index contributed by atoms with van der Waals surface area (Å²) in [5, 5.41) is 2.53. The maximum absolute atomic E-state index is 13.1. The fraction of sp³-hybridized carbons (Fsp3) is 0.400. The molecule has 0 saturated heterocycles. The molecule has 0 aliphatic carbocycles. The fourth-order valence-corrected chi connectivity index (χ4v) is 3.98. The van der Waals surface area contributed by atoms with Crippen LogP contribution in [0.3, 0.4) is 0 Å². The van der Waals surface area contributed by atoms with Gasteiger partial charge in [-0.25, -0.2) is 9.37 Å². The summed E-state index contributed by atoms with van der Waals surface area (Å²) in [6, 6.07) is 8.25. The van der Waals surface area contributed by atoms with Crippen LogP contribution in [0.4, 0.5) is 4.39 Å². The van der Waals surface area contributed by atoms with Crippen molar-refractivity contribution in [2.75, 3.05) is 20.4 Å². The van der Waals surface area contributed by atoms with Gasteiger partial charge in [0.15, 0.2) is 0 Å². The maximum Gasteiger partial charge on any atom is 0.262 e. The van der Waals surface area contributed by atoms with E-state index in [4.69, 9.17) is 4.74 Å². The average Bonchev–Trinajstić information content (AvgIpc) is 3.07. The number of benzene rings is 1. The number of halogens is 1. The molecule has 2 heterocycles. The minimum atomic E-state index is -0.602. The van der Waals surface area contributed by atoms with Gasteiger partial charge >= 0.3 is 0 Å². The summed E-state index contributed by atoms with van der Waals surface area (Å²) in [5.74, 6) is 1.03. The predicted octanol–water partition coefficient (Wildman–Crippen LogP) is 4.41. The van der Waals surface area contributed by atoms with Gasteiger partial charge in [-0.15, -0.1) is 11.3 Å². The Morgan fingerprint density at radius 1 is 1.27 bits per heavy atom. The second-order valence-electron chi connectivity index (χ2n) is 6.52. The predicted molar refractivity (Wildman–Crippen MR) is 105 cm³/mol. The van der Waals surface area contributed by atoms with Crippen LogP contribution in [0.15, 0.2) is 34.4 Å². The van der Waals surface area contributed by atoms with E-state index in [0.717, 1.165) is 11.1 Å². The molecule has 3 aromatic rings. The number of ether oxygens (including phenoxy) is 1. The van der Waals surface area contributed by atoms with Gasteiger partial charge in [0.2, 0.25) is 0 Å². The standard InChI is InChI=1S/C20H23FN2O2S/c1-13(2)14-4-6-15(7-5-14)16-12-26-19-18(16)20(24)23(10-9-21)17(22-19)8-11-25-3/h4-7,12-13H,8-11H2,1-3H3. The van der Waals surface area contributed by atoms with E-state index in [2.05, 4.69) is 31.0 Å². The van der Waals surface area contributed by atoms with Crippen LogP contribution in [0.2, 0.25) is 0 Å². The molecule has 1 aromatic carbocycles. The van der Waals surface area contributed by atoms with E-state index in [1.807, 2.05) is 17.5 Å². The van der Waals surface area contributed by atoms with Crippen LogP contribution in [-0.4, -0.2) is 29.9 Å². The summed E-state index contributed by atoms with van der Waals surface area (Å²) < 4.78 is 19.5. The van der Waals surface area contributed by atoms with Crippen molar-refractivity contribution in [2.24, 2.45) is 0 Å². The fourth-order valence-electron chi connectivity index (χ4n) is 3.03. The second-order valence-corrected chi connectivity index (χ2v) is 7.38. The number of hydrogen-bond acceptors (Lipinski definition) is 4. The van der Waals surface area contributed by atoms with Crippen LogP contribution in [0, 0.1) is 0 Å². The monoisotopic (exact) mass is 374 g/mol. The molecular formula is C20H23FN2O2S. The number of rotatable bonds is 7. The zero-order valence-corrected chi connectivity index (χ0v) is 16.1. The highest BCUT2D eigenvalue weighted by Crippen LogP contribution is 2.32. The molecule has 0 N–H and O–H groups in total. The molecule has 2 aromatic heterocycles. The van der Waals surface area contributed by atoms with Crippen LogP contribution in [0.5, 0.6) is 0 Å². The average molecular weight is 374 g/mol. The van der Waals surface area contributed by atoms with Crippen molar-refractivity contribution in [3.63, 3.8) is 0 Å². The molecule has 0 bridgehead atoms. The van der Waals surface area contributed by atoms with Gasteiger partial charge in [-0.05, 0) is 17.0 Å². The Morgan fingerprint density at radius 3 is 2.62 bits per heavy atom. The van der Waals surface area contributed by atoms with Crippen molar-refractivity contribution in [3.05, 3.63) is 51.4 Å². The lowest BCUT2D eigenvalue weighted by Gasteiger charge is -2.11. The maximum atomic E-state index is 13.1. The van der Waals surface area contributed by atoms with E-state index in [1.165, 1.54) is 21.5 Å². The third-order valence-corrected chi connectivity index (χ3v) is 5.37. The first-order valence-electron chi connectivity index (χ1n) is 8.73. The van der Waals surface area contributed by atoms with Crippen LogP contribution < -0.4 is 5.56 Å². The Hall–Kier alpha value is -2.05. The number of aromatic nitrogens is 2. The summed E-state index contributed by atoms with van der Waals surface area (Å²) in [5.41, 5.74) is 2.92. The van der Waals surface area contributed by atoms with Gasteiger partial charge in [0, 0.05) is 24.5 Å². The van der Waals surface area contributed by atoms with Gasteiger partial charge in [0.05, 0.1) is 18.5 Å². The molecule has 3 rings (SSSR count). The van der Waals surface area contributed by atoms with Gasteiger partial charge in [0.1, 0.15) is 17.3 Å². The Labute approximate surface area is 156 Å². The van der Waals surface area contributed by atoms with E-state index >= 15 is 0 Å². The minimum Gasteiger partial charge on any atom is -0.384 e. The third kappa shape index (κ3) is 3.57. The molecule has 26 heavy (non-hydrogen) atoms. The number of methoxy groups -OCH3 is 1. The van der Waals surface area contributed by atoms with Gasteiger partial charge in [-0.1, -0.05) is 38.1 Å². The van der Waals surface area contributed by atoms with Gasteiger partial charge in [0.25, 0.3) is 5.56 Å². The van der Waals surface area contributed by atoms with Gasteiger partial charge in [-0.2, -0.15) is 0 Å². The van der Waals surface area contributed by atoms with Crippen LogP contribution in [0.25, 0.3) is 21.3 Å². The SMILES string of the molecule is COCCc1nc2scc(-c3ccc(C(C)C)cc3)c2c(=O)n1CCF. The first-order chi connectivity index (χ1) is 12.6. The topological polar surface area (TPSA) is 44.1 Å². The van der Waals surface area contributed by atoms with E-state index in [0.29, 0.717) is 35.0 Å². The smallest absolute Gasteiger partial charge is 0.262 e. The second kappa shape index (κ2) is 8.10. The van der Waals surface area contributed by atoms with E-state index < -0.39 is 6.67 Å². The number of fused-ring (bicyclic) bond motifs is 1. The third-order valence-electron chi connectivity index (χ3n) is 4.50. The molecule has 0 amide bonds. The Morgan fingerprint density at radius 2 is 2.00 bits per heavy atom. The Kier molecular flexibility index (Phi) is 5.84. The van der Waals surface area contributed by atoms with Crippen molar-refractivity contribution in [3.8, 4) is 11.1 Å². The number of nitrogens with zero attached hydrogens (tertiary/aromatic N) is 2. The van der Waals surface area contributed by atoms with Crippen molar-refractivity contribution in [1.29, 1.82) is 0 Å². The molecule has 138 valence electrons. The lowest BCUT2D eigenvalue weighted by atomic mass is 9.99. The largest absolute Gasteiger partial charge is 0.384 e. The number of hydrogen-bond donors (Lipinski definition) is 0. The molecule has 0 unspecified atom stereocenters. The lowest BCUT2D eigenvalue weighted by Crippen LogP contribution is -2.26. The molecule has 0 aliphatic heterocycles. The van der Waals surface area contributed by atoms with E-state index in [9.17, 15) is 9.18 Å². The summed E-state index contributed by atoms with van der Waals surface area (Å²) in [7, 11) is 1.60. The zero-order chi connectivity index (χ0) is 18.7. The summed E-state index contributed by atoms with van der Waals surface area (Å²) in [6.07, 6.45) is 0.484. The highest BCUT2D eigenvalue weighted by molar-refractivity contribution is 7.17. The molecule has 0 saturated carbocycles. The van der Waals surface area contributed by atoms with Gasteiger partial charge < -0.3 is 4.74 Å². The number of thiophene rings is 1. The molecule has 0 atom stereocenters. The highest BCUT2D eigenvalue weighted by atomic mass is 32.1. The summed E-state index contributed by atoms with van der Waals surface area (Å²) in [4.78, 5) is 18.4. The summed E-state index contributed by atoms with van der Waals surface area (Å²) in [6.45, 7) is 4.16. The first-order valence-corrected chi connectivity index (χ1v) is 9.61. The molecule has 6 heteroatoms. The van der Waals surface area contributed by atoms with E-state index in [-0.39, 0.29) is 12.1 Å². The van der Waals surface area contributed by atoms with Crippen LogP contribution >= 0.6 is 11.3 Å². The molecule has 0 aliphatic rings. The molecule has 4 nitrogen and oxygen atoms in total. The van der Waals surface area contributed by atoms with Crippen LogP contribution in [-0.2, 0) is 17.7 Å². The highest BCUT2D eigenvalue weighted by Gasteiger charge is 2.17. The molecule has 0 radical (unpaired) electrons. The zero-order valence-electron chi connectivity index (χ0n) is 15.3. The van der Waals surface area contributed by atoms with Crippen molar-refractivity contribution in [1.82, 2.24) is 9.55 Å². The Balaban J connectivity index is 2.13.